The lowest BCUT2D eigenvalue weighted by Gasteiger charge is -2.19. The molecular weight excluding hydrogens is 164 g/mol. The SMILES string of the molecule is COC1=C2CNCCNC2=CCC1. The zero-order valence-electron chi connectivity index (χ0n) is 8.02. The Balaban J connectivity index is 2.26. The first-order chi connectivity index (χ1) is 6.42. The van der Waals surface area contributed by atoms with E-state index in [0.717, 1.165) is 38.2 Å². The van der Waals surface area contributed by atoms with Gasteiger partial charge in [-0.1, -0.05) is 6.08 Å². The quantitative estimate of drug-likeness (QED) is 0.625. The van der Waals surface area contributed by atoms with Crippen LogP contribution in [0, 0.1) is 0 Å². The average Bonchev–Trinajstić information content (AvgIpc) is 2.41. The van der Waals surface area contributed by atoms with E-state index in [1.165, 1.54) is 11.3 Å². The largest absolute Gasteiger partial charge is 0.501 e. The molecule has 0 aromatic carbocycles. The van der Waals surface area contributed by atoms with Crippen molar-refractivity contribution in [1.82, 2.24) is 10.6 Å². The third-order valence-electron chi connectivity index (χ3n) is 2.55. The molecule has 1 aliphatic carbocycles. The molecule has 1 aliphatic heterocycles. The second-order valence-corrected chi connectivity index (χ2v) is 3.37. The van der Waals surface area contributed by atoms with E-state index in [9.17, 15) is 0 Å². The molecule has 0 aromatic heterocycles. The van der Waals surface area contributed by atoms with Gasteiger partial charge in [-0.05, 0) is 6.42 Å². The standard InChI is InChI=1S/C10H16N2O/c1-13-10-4-2-3-9-8(10)7-11-5-6-12-9/h3,11-12H,2,4-7H2,1H3. The lowest BCUT2D eigenvalue weighted by atomic mass is 10.0. The first kappa shape index (κ1) is 8.63. The van der Waals surface area contributed by atoms with Gasteiger partial charge in [-0.2, -0.15) is 0 Å². The maximum Gasteiger partial charge on any atom is 0.102 e. The fraction of sp³-hybridized carbons (Fsp3) is 0.600. The molecule has 0 radical (unpaired) electrons. The molecule has 3 nitrogen and oxygen atoms in total. The van der Waals surface area contributed by atoms with Crippen LogP contribution >= 0.6 is 0 Å². The second kappa shape index (κ2) is 3.83. The minimum Gasteiger partial charge on any atom is -0.501 e. The number of hydrogen-bond donors (Lipinski definition) is 2. The summed E-state index contributed by atoms with van der Waals surface area (Å²) in [5.74, 6) is 1.14. The summed E-state index contributed by atoms with van der Waals surface area (Å²) >= 11 is 0. The summed E-state index contributed by atoms with van der Waals surface area (Å²) in [6.45, 7) is 2.96. The average molecular weight is 180 g/mol. The van der Waals surface area contributed by atoms with Gasteiger partial charge in [0.2, 0.25) is 0 Å². The number of ether oxygens (including phenoxy) is 1. The predicted octanol–water partition coefficient (Wildman–Crippen LogP) is 0.757. The highest BCUT2D eigenvalue weighted by atomic mass is 16.5. The van der Waals surface area contributed by atoms with E-state index in [-0.39, 0.29) is 0 Å². The van der Waals surface area contributed by atoms with Crippen molar-refractivity contribution in [2.75, 3.05) is 26.7 Å². The molecule has 1 heterocycles. The van der Waals surface area contributed by atoms with Crippen molar-refractivity contribution in [3.63, 3.8) is 0 Å². The van der Waals surface area contributed by atoms with Crippen LogP contribution in [0.15, 0.2) is 23.1 Å². The fourth-order valence-electron chi connectivity index (χ4n) is 1.87. The van der Waals surface area contributed by atoms with Crippen molar-refractivity contribution in [3.8, 4) is 0 Å². The van der Waals surface area contributed by atoms with Gasteiger partial charge in [0.05, 0.1) is 7.11 Å². The maximum absolute atomic E-state index is 5.37. The summed E-state index contributed by atoms with van der Waals surface area (Å²) in [7, 11) is 1.76. The molecule has 0 saturated carbocycles. The Hall–Kier alpha value is -0.960. The van der Waals surface area contributed by atoms with Crippen LogP contribution in [0.25, 0.3) is 0 Å². The van der Waals surface area contributed by atoms with Crippen LogP contribution in [0.2, 0.25) is 0 Å². The smallest absolute Gasteiger partial charge is 0.102 e. The Morgan fingerprint density at radius 2 is 2.31 bits per heavy atom. The highest BCUT2D eigenvalue weighted by molar-refractivity contribution is 5.37. The van der Waals surface area contributed by atoms with Gasteiger partial charge in [0.25, 0.3) is 0 Å². The maximum atomic E-state index is 5.37. The number of nitrogens with one attached hydrogen (secondary N) is 2. The molecule has 72 valence electrons. The Bertz CT molecular complexity index is 256. The van der Waals surface area contributed by atoms with Gasteiger partial charge < -0.3 is 15.4 Å². The highest BCUT2D eigenvalue weighted by Gasteiger charge is 2.17. The zero-order valence-corrected chi connectivity index (χ0v) is 8.02. The summed E-state index contributed by atoms with van der Waals surface area (Å²) in [5, 5.41) is 6.78. The highest BCUT2D eigenvalue weighted by Crippen LogP contribution is 2.24. The number of hydrogen-bond acceptors (Lipinski definition) is 3. The van der Waals surface area contributed by atoms with E-state index in [4.69, 9.17) is 4.74 Å². The van der Waals surface area contributed by atoms with Crippen molar-refractivity contribution < 1.29 is 4.74 Å². The number of fused-ring (bicyclic) bond motifs is 1. The Morgan fingerprint density at radius 3 is 3.15 bits per heavy atom. The molecule has 0 spiro atoms. The van der Waals surface area contributed by atoms with Gasteiger partial charge in [-0.15, -0.1) is 0 Å². The Kier molecular flexibility index (Phi) is 2.54. The normalized spacial score (nSPS) is 22.7. The third-order valence-corrected chi connectivity index (χ3v) is 2.55. The molecule has 0 unspecified atom stereocenters. The molecule has 2 rings (SSSR count). The number of methoxy groups -OCH3 is 1. The van der Waals surface area contributed by atoms with E-state index in [2.05, 4.69) is 16.7 Å². The Labute approximate surface area is 78.8 Å². The van der Waals surface area contributed by atoms with E-state index in [1.807, 2.05) is 0 Å². The minimum absolute atomic E-state index is 0.933. The molecule has 3 heteroatoms. The van der Waals surface area contributed by atoms with Crippen molar-refractivity contribution in [1.29, 1.82) is 0 Å². The molecule has 0 amide bonds. The molecule has 1 fully saturated rings. The molecule has 13 heavy (non-hydrogen) atoms. The molecule has 0 atom stereocenters. The predicted molar refractivity (Wildman–Crippen MR) is 52.2 cm³/mol. The second-order valence-electron chi connectivity index (χ2n) is 3.37. The van der Waals surface area contributed by atoms with Gasteiger partial charge >= 0.3 is 0 Å². The van der Waals surface area contributed by atoms with Gasteiger partial charge in [-0.3, -0.25) is 0 Å². The van der Waals surface area contributed by atoms with Crippen molar-refractivity contribution in [2.24, 2.45) is 0 Å². The van der Waals surface area contributed by atoms with Crippen LogP contribution in [0.4, 0.5) is 0 Å². The number of allylic oxidation sites excluding steroid dienone is 2. The topological polar surface area (TPSA) is 33.3 Å². The van der Waals surface area contributed by atoms with E-state index in [1.54, 1.807) is 7.11 Å². The molecule has 2 aliphatic rings. The van der Waals surface area contributed by atoms with E-state index >= 15 is 0 Å². The van der Waals surface area contributed by atoms with Gasteiger partial charge in [0, 0.05) is 37.3 Å². The molecule has 1 saturated heterocycles. The van der Waals surface area contributed by atoms with E-state index in [0.29, 0.717) is 0 Å². The van der Waals surface area contributed by atoms with Crippen LogP contribution in [0.1, 0.15) is 12.8 Å². The molecule has 0 aromatic rings. The molecular formula is C10H16N2O. The Morgan fingerprint density at radius 1 is 1.38 bits per heavy atom. The van der Waals surface area contributed by atoms with Crippen LogP contribution in [0.5, 0.6) is 0 Å². The van der Waals surface area contributed by atoms with Gasteiger partial charge in [0.15, 0.2) is 0 Å². The van der Waals surface area contributed by atoms with Gasteiger partial charge in [-0.25, -0.2) is 0 Å². The summed E-state index contributed by atoms with van der Waals surface area (Å²) in [6, 6.07) is 0. The van der Waals surface area contributed by atoms with Crippen molar-refractivity contribution >= 4 is 0 Å². The first-order valence-corrected chi connectivity index (χ1v) is 4.83. The lowest BCUT2D eigenvalue weighted by molar-refractivity contribution is 0.270. The van der Waals surface area contributed by atoms with Crippen LogP contribution in [-0.2, 0) is 4.74 Å². The lowest BCUT2D eigenvalue weighted by Crippen LogP contribution is -2.20. The fourth-order valence-corrected chi connectivity index (χ4v) is 1.87. The van der Waals surface area contributed by atoms with Crippen molar-refractivity contribution in [3.05, 3.63) is 23.1 Å². The molecule has 2 N–H and O–H groups in total. The summed E-state index contributed by atoms with van der Waals surface area (Å²) in [5.41, 5.74) is 2.58. The first-order valence-electron chi connectivity index (χ1n) is 4.83. The van der Waals surface area contributed by atoms with Crippen LogP contribution < -0.4 is 10.6 Å². The zero-order chi connectivity index (χ0) is 9.10. The summed E-state index contributed by atoms with van der Waals surface area (Å²) in [6.07, 6.45) is 4.40. The molecule has 0 bridgehead atoms. The van der Waals surface area contributed by atoms with Crippen molar-refractivity contribution in [2.45, 2.75) is 12.8 Å². The number of rotatable bonds is 1. The third kappa shape index (κ3) is 1.70. The van der Waals surface area contributed by atoms with Crippen LogP contribution in [0.3, 0.4) is 0 Å². The summed E-state index contributed by atoms with van der Waals surface area (Å²) < 4.78 is 5.37. The van der Waals surface area contributed by atoms with Crippen LogP contribution in [-0.4, -0.2) is 26.7 Å². The summed E-state index contributed by atoms with van der Waals surface area (Å²) in [4.78, 5) is 0. The minimum atomic E-state index is 0.933. The van der Waals surface area contributed by atoms with Gasteiger partial charge in [0.1, 0.15) is 5.76 Å². The van der Waals surface area contributed by atoms with E-state index < -0.39 is 0 Å². The monoisotopic (exact) mass is 180 g/mol.